The molecule has 0 unspecified atom stereocenters. The SMILES string of the molecule is Cn1ncc(-c2ccc(CNc3cc(-c4cnc5cc(OCC6CCNCC6)ccn45)ncn3)cc2)n1. The number of anilines is 1. The van der Waals surface area contributed by atoms with E-state index in [-0.39, 0.29) is 0 Å². The largest absolute Gasteiger partial charge is 0.493 e. The molecule has 1 aliphatic heterocycles. The molecule has 1 fully saturated rings. The van der Waals surface area contributed by atoms with Crippen LogP contribution in [0.4, 0.5) is 5.82 Å². The zero-order valence-electron chi connectivity index (χ0n) is 20.7. The van der Waals surface area contributed by atoms with E-state index in [1.165, 1.54) is 0 Å². The van der Waals surface area contributed by atoms with Gasteiger partial charge < -0.3 is 15.4 Å². The number of piperidine rings is 1. The van der Waals surface area contributed by atoms with E-state index in [4.69, 9.17) is 4.74 Å². The second kappa shape index (κ2) is 10.4. The summed E-state index contributed by atoms with van der Waals surface area (Å²) in [5, 5.41) is 15.3. The maximum absolute atomic E-state index is 6.07. The van der Waals surface area contributed by atoms with Crippen molar-refractivity contribution < 1.29 is 4.74 Å². The molecule has 0 atom stereocenters. The molecule has 6 rings (SSSR count). The number of ether oxygens (including phenoxy) is 1. The molecule has 0 spiro atoms. The molecule has 0 radical (unpaired) electrons. The zero-order valence-corrected chi connectivity index (χ0v) is 20.7. The maximum atomic E-state index is 6.07. The van der Waals surface area contributed by atoms with E-state index >= 15 is 0 Å². The van der Waals surface area contributed by atoms with Gasteiger partial charge in [0.25, 0.3) is 0 Å². The third-order valence-electron chi connectivity index (χ3n) is 6.68. The van der Waals surface area contributed by atoms with Crippen LogP contribution in [0.3, 0.4) is 0 Å². The second-order valence-corrected chi connectivity index (χ2v) is 9.30. The van der Waals surface area contributed by atoms with Crippen molar-refractivity contribution in [1.29, 1.82) is 0 Å². The Balaban J connectivity index is 1.12. The first-order valence-corrected chi connectivity index (χ1v) is 12.5. The predicted molar refractivity (Wildman–Crippen MR) is 141 cm³/mol. The molecular formula is C27H29N9O. The highest BCUT2D eigenvalue weighted by molar-refractivity contribution is 5.63. The van der Waals surface area contributed by atoms with Crippen molar-refractivity contribution in [1.82, 2.24) is 39.7 Å². The molecule has 4 aromatic heterocycles. The number of hydrogen-bond acceptors (Lipinski definition) is 8. The molecule has 0 bridgehead atoms. The van der Waals surface area contributed by atoms with Crippen molar-refractivity contribution in [2.24, 2.45) is 13.0 Å². The molecule has 37 heavy (non-hydrogen) atoms. The molecule has 2 N–H and O–H groups in total. The van der Waals surface area contributed by atoms with E-state index in [1.807, 2.05) is 42.0 Å². The van der Waals surface area contributed by atoms with Gasteiger partial charge in [-0.1, -0.05) is 24.3 Å². The maximum Gasteiger partial charge on any atom is 0.140 e. The zero-order chi connectivity index (χ0) is 25.0. The van der Waals surface area contributed by atoms with Gasteiger partial charge in [0.1, 0.15) is 29.2 Å². The van der Waals surface area contributed by atoms with Gasteiger partial charge in [-0.15, -0.1) is 0 Å². The Morgan fingerprint density at radius 1 is 1.00 bits per heavy atom. The summed E-state index contributed by atoms with van der Waals surface area (Å²) in [7, 11) is 1.81. The Morgan fingerprint density at radius 3 is 2.68 bits per heavy atom. The predicted octanol–water partition coefficient (Wildman–Crippen LogP) is 3.58. The molecule has 0 aliphatic carbocycles. The summed E-state index contributed by atoms with van der Waals surface area (Å²) in [6.07, 6.45) is 9.48. The van der Waals surface area contributed by atoms with Crippen molar-refractivity contribution in [3.05, 3.63) is 72.9 Å². The van der Waals surface area contributed by atoms with Crippen LogP contribution in [0.5, 0.6) is 5.75 Å². The lowest BCUT2D eigenvalue weighted by Gasteiger charge is -2.22. The van der Waals surface area contributed by atoms with E-state index in [1.54, 1.807) is 17.3 Å². The van der Waals surface area contributed by atoms with Crippen LogP contribution >= 0.6 is 0 Å². The summed E-state index contributed by atoms with van der Waals surface area (Å²) in [6.45, 7) is 3.53. The number of rotatable bonds is 8. The van der Waals surface area contributed by atoms with Crippen molar-refractivity contribution in [2.45, 2.75) is 19.4 Å². The summed E-state index contributed by atoms with van der Waals surface area (Å²) in [6, 6.07) is 14.2. The van der Waals surface area contributed by atoms with E-state index in [9.17, 15) is 0 Å². The van der Waals surface area contributed by atoms with Gasteiger partial charge in [0.05, 0.1) is 30.4 Å². The van der Waals surface area contributed by atoms with E-state index in [0.717, 1.165) is 78.0 Å². The molecule has 1 aromatic carbocycles. The molecule has 10 heteroatoms. The third-order valence-corrected chi connectivity index (χ3v) is 6.68. The molecule has 1 saturated heterocycles. The first-order valence-electron chi connectivity index (χ1n) is 12.5. The van der Waals surface area contributed by atoms with Crippen LogP contribution in [0.2, 0.25) is 0 Å². The molecule has 1 aliphatic rings. The quantitative estimate of drug-likeness (QED) is 0.336. The fourth-order valence-corrected chi connectivity index (χ4v) is 4.56. The molecule has 10 nitrogen and oxygen atoms in total. The number of hydrogen-bond donors (Lipinski definition) is 2. The van der Waals surface area contributed by atoms with Crippen molar-refractivity contribution in [3.63, 3.8) is 0 Å². The number of benzene rings is 1. The molecule has 0 amide bonds. The standard InChI is InChI=1S/C27H29N9O/c1-35-33-15-24(34-35)21-4-2-19(3-5-21)14-29-26-13-23(31-18-32-26)25-16-30-27-12-22(8-11-36(25)27)37-17-20-6-9-28-10-7-20/h2-5,8,11-13,15-16,18,20,28H,6-7,9-10,14,17H2,1H3,(H,29,31,32). The average Bonchev–Trinajstić information content (AvgIpc) is 3.58. The lowest BCUT2D eigenvalue weighted by atomic mass is 9.99. The lowest BCUT2D eigenvalue weighted by molar-refractivity contribution is 0.215. The molecule has 5 aromatic rings. The number of fused-ring (bicyclic) bond motifs is 1. The fraction of sp³-hybridized carbons (Fsp3) is 0.296. The minimum atomic E-state index is 0.607. The molecule has 188 valence electrons. The van der Waals surface area contributed by atoms with Gasteiger partial charge in [0.15, 0.2) is 0 Å². The minimum Gasteiger partial charge on any atom is -0.493 e. The number of aryl methyl sites for hydroxylation is 1. The Morgan fingerprint density at radius 2 is 1.86 bits per heavy atom. The summed E-state index contributed by atoms with van der Waals surface area (Å²) in [5.41, 5.74) is 5.56. The van der Waals surface area contributed by atoms with E-state index in [0.29, 0.717) is 12.5 Å². The van der Waals surface area contributed by atoms with Gasteiger partial charge in [-0.2, -0.15) is 15.0 Å². The Bertz CT molecular complexity index is 1490. The molecule has 0 saturated carbocycles. The Labute approximate surface area is 214 Å². The molecule has 5 heterocycles. The van der Waals surface area contributed by atoms with Gasteiger partial charge in [-0.25, -0.2) is 15.0 Å². The monoisotopic (exact) mass is 495 g/mol. The highest BCUT2D eigenvalue weighted by atomic mass is 16.5. The summed E-state index contributed by atoms with van der Waals surface area (Å²) < 4.78 is 8.09. The summed E-state index contributed by atoms with van der Waals surface area (Å²) in [4.78, 5) is 15.0. The van der Waals surface area contributed by atoms with Gasteiger partial charge in [0.2, 0.25) is 0 Å². The van der Waals surface area contributed by atoms with Crippen molar-refractivity contribution in [3.8, 4) is 28.4 Å². The van der Waals surface area contributed by atoms with Crippen LogP contribution in [0.15, 0.2) is 67.4 Å². The Hall–Kier alpha value is -4.31. The van der Waals surface area contributed by atoms with Gasteiger partial charge in [-0.3, -0.25) is 4.40 Å². The van der Waals surface area contributed by atoms with Gasteiger partial charge in [0, 0.05) is 37.5 Å². The highest BCUT2D eigenvalue weighted by Crippen LogP contribution is 2.24. The van der Waals surface area contributed by atoms with Gasteiger partial charge in [-0.05, 0) is 43.5 Å². The topological polar surface area (TPSA) is 107 Å². The van der Waals surface area contributed by atoms with E-state index in [2.05, 4.69) is 60.0 Å². The lowest BCUT2D eigenvalue weighted by Crippen LogP contribution is -2.30. The minimum absolute atomic E-state index is 0.607. The van der Waals surface area contributed by atoms with Crippen LogP contribution in [-0.4, -0.2) is 54.0 Å². The van der Waals surface area contributed by atoms with Crippen LogP contribution in [-0.2, 0) is 13.6 Å². The fourth-order valence-electron chi connectivity index (χ4n) is 4.56. The molecular weight excluding hydrogens is 466 g/mol. The smallest absolute Gasteiger partial charge is 0.140 e. The van der Waals surface area contributed by atoms with Crippen molar-refractivity contribution in [2.75, 3.05) is 25.0 Å². The van der Waals surface area contributed by atoms with Crippen molar-refractivity contribution >= 4 is 11.5 Å². The summed E-state index contributed by atoms with van der Waals surface area (Å²) >= 11 is 0. The van der Waals surface area contributed by atoms with Crippen LogP contribution in [0.25, 0.3) is 28.3 Å². The average molecular weight is 496 g/mol. The highest BCUT2D eigenvalue weighted by Gasteiger charge is 2.14. The second-order valence-electron chi connectivity index (χ2n) is 9.30. The number of imidazole rings is 1. The number of nitrogens with one attached hydrogen (secondary N) is 2. The first kappa shape index (κ1) is 23.1. The summed E-state index contributed by atoms with van der Waals surface area (Å²) in [5.74, 6) is 2.20. The normalized spacial score (nSPS) is 14.2. The number of nitrogens with zero attached hydrogens (tertiary/aromatic N) is 7. The number of pyridine rings is 1. The van der Waals surface area contributed by atoms with Crippen LogP contribution in [0.1, 0.15) is 18.4 Å². The number of aromatic nitrogens is 7. The van der Waals surface area contributed by atoms with E-state index < -0.39 is 0 Å². The third kappa shape index (κ3) is 5.29. The van der Waals surface area contributed by atoms with Crippen LogP contribution < -0.4 is 15.4 Å². The Kier molecular flexibility index (Phi) is 6.47. The van der Waals surface area contributed by atoms with Gasteiger partial charge >= 0.3 is 0 Å². The van der Waals surface area contributed by atoms with Crippen LogP contribution in [0, 0.1) is 5.92 Å². The first-order chi connectivity index (χ1) is 18.2.